The highest BCUT2D eigenvalue weighted by atomic mass is 32.2. The molecule has 3 aromatic rings. The molecule has 1 saturated carbocycles. The number of anilines is 1. The monoisotopic (exact) mass is 525 g/mol. The zero-order valence-corrected chi connectivity index (χ0v) is 21.3. The molecule has 1 heterocycles. The Hall–Kier alpha value is -3.30. The normalized spacial score (nSPS) is 16.4. The Labute approximate surface area is 215 Å². The molecular formula is C28H29F2N3O3S. The predicted molar refractivity (Wildman–Crippen MR) is 139 cm³/mol. The van der Waals surface area contributed by atoms with Gasteiger partial charge in [-0.3, -0.25) is 4.90 Å². The van der Waals surface area contributed by atoms with Crippen molar-refractivity contribution in [2.75, 3.05) is 18.5 Å². The largest absolute Gasteiger partial charge is 0.334 e. The second kappa shape index (κ2) is 9.87. The Balaban J connectivity index is 1.40. The minimum atomic E-state index is -3.52. The Kier molecular flexibility index (Phi) is 6.76. The third kappa shape index (κ3) is 4.73. The number of urea groups is 1. The molecule has 1 aliphatic carbocycles. The first-order valence-electron chi connectivity index (χ1n) is 12.3. The van der Waals surface area contributed by atoms with Crippen molar-refractivity contribution in [3.63, 3.8) is 0 Å². The van der Waals surface area contributed by atoms with Crippen molar-refractivity contribution in [2.24, 2.45) is 0 Å². The molecule has 1 fully saturated rings. The Morgan fingerprint density at radius 1 is 1.03 bits per heavy atom. The van der Waals surface area contributed by atoms with Crippen molar-refractivity contribution in [3.8, 4) is 11.1 Å². The first-order chi connectivity index (χ1) is 17.7. The highest BCUT2D eigenvalue weighted by molar-refractivity contribution is 7.89. The second-order valence-corrected chi connectivity index (χ2v) is 11.6. The molecule has 0 bridgehead atoms. The van der Waals surface area contributed by atoms with Gasteiger partial charge in [-0.2, -0.15) is 0 Å². The maximum Gasteiger partial charge on any atom is 0.322 e. The fourth-order valence-electron chi connectivity index (χ4n) is 5.62. The van der Waals surface area contributed by atoms with Crippen LogP contribution in [0.25, 0.3) is 11.1 Å². The van der Waals surface area contributed by atoms with Gasteiger partial charge in [-0.25, -0.2) is 26.7 Å². The fraction of sp³-hybridized carbons (Fsp3) is 0.321. The van der Waals surface area contributed by atoms with E-state index in [1.165, 1.54) is 25.2 Å². The zero-order valence-electron chi connectivity index (χ0n) is 20.5. The molecule has 0 atom stereocenters. The molecule has 6 nitrogen and oxygen atoms in total. The van der Waals surface area contributed by atoms with Gasteiger partial charge in [-0.15, -0.1) is 0 Å². The van der Waals surface area contributed by atoms with E-state index in [1.54, 1.807) is 35.2 Å². The molecule has 37 heavy (non-hydrogen) atoms. The molecule has 2 amide bonds. The van der Waals surface area contributed by atoms with Crippen LogP contribution in [0.4, 0.5) is 19.3 Å². The fourth-order valence-corrected chi connectivity index (χ4v) is 6.35. The van der Waals surface area contributed by atoms with E-state index in [-0.39, 0.29) is 28.4 Å². The number of hydrogen-bond donors (Lipinski definition) is 2. The quantitative estimate of drug-likeness (QED) is 0.431. The van der Waals surface area contributed by atoms with Gasteiger partial charge in [0, 0.05) is 29.8 Å². The summed E-state index contributed by atoms with van der Waals surface area (Å²) in [5.74, 6) is 0. The number of hydrogen-bond acceptors (Lipinski definition) is 3. The van der Waals surface area contributed by atoms with Crippen molar-refractivity contribution in [1.29, 1.82) is 0 Å². The molecule has 1 spiro atoms. The number of fused-ring (bicyclic) bond motifs is 2. The lowest BCUT2D eigenvalue weighted by molar-refractivity contribution is 0.152. The third-order valence-corrected chi connectivity index (χ3v) is 9.01. The van der Waals surface area contributed by atoms with Crippen LogP contribution in [0.3, 0.4) is 0 Å². The number of sulfonamides is 1. The summed E-state index contributed by atoms with van der Waals surface area (Å²) in [6.45, 7) is 0.796. The minimum Gasteiger partial charge on any atom is -0.334 e. The average molecular weight is 526 g/mol. The summed E-state index contributed by atoms with van der Waals surface area (Å²) < 4.78 is 53.5. The van der Waals surface area contributed by atoms with Gasteiger partial charge in [0.25, 0.3) is 6.43 Å². The Morgan fingerprint density at radius 3 is 2.41 bits per heavy atom. The molecule has 9 heteroatoms. The zero-order chi connectivity index (χ0) is 26.2. The van der Waals surface area contributed by atoms with Crippen LogP contribution in [0, 0.1) is 0 Å². The van der Waals surface area contributed by atoms with Crippen molar-refractivity contribution in [3.05, 3.63) is 83.4 Å². The van der Waals surface area contributed by atoms with E-state index < -0.39 is 16.4 Å². The summed E-state index contributed by atoms with van der Waals surface area (Å²) in [4.78, 5) is 15.2. The van der Waals surface area contributed by atoms with Crippen molar-refractivity contribution in [2.45, 2.75) is 49.0 Å². The maximum atomic E-state index is 13.7. The Bertz CT molecular complexity index is 1420. The molecule has 3 aromatic carbocycles. The van der Waals surface area contributed by atoms with E-state index in [2.05, 4.69) is 10.0 Å². The number of benzene rings is 3. The summed E-state index contributed by atoms with van der Waals surface area (Å²) in [6, 6.07) is 18.4. The van der Waals surface area contributed by atoms with E-state index in [0.717, 1.165) is 48.1 Å². The number of halogens is 2. The van der Waals surface area contributed by atoms with Gasteiger partial charge in [0.2, 0.25) is 10.0 Å². The van der Waals surface area contributed by atoms with Crippen LogP contribution in [0.15, 0.2) is 71.6 Å². The lowest BCUT2D eigenvalue weighted by atomic mass is 9.79. The summed E-state index contributed by atoms with van der Waals surface area (Å²) in [5, 5.41) is 2.95. The molecule has 0 radical (unpaired) electrons. The van der Waals surface area contributed by atoms with Gasteiger partial charge in [-0.05, 0) is 66.4 Å². The second-order valence-electron chi connectivity index (χ2n) is 9.70. The summed E-state index contributed by atoms with van der Waals surface area (Å²) in [5.41, 5.74) is 3.71. The number of carbonyl (C=O) groups excluding carboxylic acids is 1. The summed E-state index contributed by atoms with van der Waals surface area (Å²) in [6.07, 6.45) is 1.46. The smallest absolute Gasteiger partial charge is 0.322 e. The first kappa shape index (κ1) is 25.4. The number of carbonyl (C=O) groups is 1. The molecule has 0 aromatic heterocycles. The van der Waals surface area contributed by atoms with Gasteiger partial charge < -0.3 is 5.32 Å². The van der Waals surface area contributed by atoms with E-state index in [9.17, 15) is 22.0 Å². The van der Waals surface area contributed by atoms with Crippen LogP contribution < -0.4 is 14.9 Å². The van der Waals surface area contributed by atoms with Crippen molar-refractivity contribution in [1.82, 2.24) is 10.0 Å². The molecule has 5 rings (SSSR count). The van der Waals surface area contributed by atoms with Crippen molar-refractivity contribution < 1.29 is 22.0 Å². The highest BCUT2D eigenvalue weighted by Gasteiger charge is 2.46. The molecular weight excluding hydrogens is 496 g/mol. The van der Waals surface area contributed by atoms with Gasteiger partial charge in [0.1, 0.15) is 0 Å². The lowest BCUT2D eigenvalue weighted by Gasteiger charge is -2.25. The van der Waals surface area contributed by atoms with Crippen LogP contribution >= 0.6 is 0 Å². The highest BCUT2D eigenvalue weighted by Crippen LogP contribution is 2.51. The van der Waals surface area contributed by atoms with Crippen LogP contribution in [0.5, 0.6) is 0 Å². The van der Waals surface area contributed by atoms with Gasteiger partial charge in [0.05, 0.1) is 4.90 Å². The number of rotatable bonds is 6. The average Bonchev–Trinajstić information content (AvgIpc) is 3.52. The Morgan fingerprint density at radius 2 is 1.73 bits per heavy atom. The minimum absolute atomic E-state index is 0.00375. The van der Waals surface area contributed by atoms with Gasteiger partial charge in [0.15, 0.2) is 0 Å². The van der Waals surface area contributed by atoms with Crippen LogP contribution in [-0.4, -0.2) is 28.0 Å². The standard InChI is InChI=1S/C28H29F2N3O3S/c1-31-37(35,36)21-11-8-19(9-12-21)17-32-27(34)33-18-28(14-4-5-15-28)24-16-20(10-13-25(24)33)22-6-2-3-7-23(22)26(29)30/h2-3,6-13,16,26,31H,4-5,14-15,17-18H2,1H3,(H,32,34). The van der Waals surface area contributed by atoms with Crippen molar-refractivity contribution >= 4 is 21.7 Å². The topological polar surface area (TPSA) is 78.5 Å². The first-order valence-corrected chi connectivity index (χ1v) is 13.8. The molecule has 0 saturated heterocycles. The number of alkyl halides is 2. The van der Waals surface area contributed by atoms with Crippen LogP contribution in [-0.2, 0) is 22.0 Å². The molecule has 0 unspecified atom stereocenters. The van der Waals surface area contributed by atoms with E-state index in [0.29, 0.717) is 12.1 Å². The van der Waals surface area contributed by atoms with E-state index in [4.69, 9.17) is 0 Å². The number of amides is 2. The lowest BCUT2D eigenvalue weighted by Crippen LogP contribution is -2.41. The van der Waals surface area contributed by atoms with Crippen LogP contribution in [0.1, 0.15) is 48.8 Å². The maximum absolute atomic E-state index is 13.7. The van der Waals surface area contributed by atoms with Gasteiger partial charge >= 0.3 is 6.03 Å². The summed E-state index contributed by atoms with van der Waals surface area (Å²) in [7, 11) is -2.17. The summed E-state index contributed by atoms with van der Waals surface area (Å²) >= 11 is 0. The molecule has 2 N–H and O–H groups in total. The molecule has 1 aliphatic heterocycles. The SMILES string of the molecule is CNS(=O)(=O)c1ccc(CNC(=O)N2CC3(CCCC3)c3cc(-c4ccccc4C(F)F)ccc32)cc1. The molecule has 194 valence electrons. The predicted octanol–water partition coefficient (Wildman–Crippen LogP) is 5.74. The third-order valence-electron chi connectivity index (χ3n) is 7.58. The number of nitrogens with one attached hydrogen (secondary N) is 2. The van der Waals surface area contributed by atoms with Crippen LogP contribution in [0.2, 0.25) is 0 Å². The van der Waals surface area contributed by atoms with E-state index >= 15 is 0 Å². The molecule has 2 aliphatic rings. The number of nitrogens with zero attached hydrogens (tertiary/aromatic N) is 1. The van der Waals surface area contributed by atoms with E-state index in [1.807, 2.05) is 18.2 Å². The van der Waals surface area contributed by atoms with Gasteiger partial charge in [-0.1, -0.05) is 55.3 Å².